The Kier molecular flexibility index (Phi) is 5.86. The number of nitrogens with one attached hydrogen (secondary N) is 1. The lowest BCUT2D eigenvalue weighted by atomic mass is 9.89. The largest absolute Gasteiger partial charge is 0.497 e. The molecule has 1 aromatic carbocycles. The highest BCUT2D eigenvalue weighted by molar-refractivity contribution is 5.28. The third kappa shape index (κ3) is 3.97. The van der Waals surface area contributed by atoms with Gasteiger partial charge in [0, 0.05) is 19.1 Å². The van der Waals surface area contributed by atoms with E-state index >= 15 is 0 Å². The second-order valence-corrected chi connectivity index (χ2v) is 5.71. The number of hydrogen-bond acceptors (Lipinski definition) is 3. The van der Waals surface area contributed by atoms with Crippen molar-refractivity contribution in [3.8, 4) is 5.75 Å². The topological polar surface area (TPSA) is 24.5 Å². The van der Waals surface area contributed by atoms with E-state index in [0.29, 0.717) is 6.04 Å². The highest BCUT2D eigenvalue weighted by Gasteiger charge is 2.27. The molecule has 1 aliphatic heterocycles. The van der Waals surface area contributed by atoms with Crippen LogP contribution in [-0.2, 0) is 6.54 Å². The van der Waals surface area contributed by atoms with Crippen molar-refractivity contribution < 1.29 is 4.74 Å². The normalized spacial score (nSPS) is 23.8. The molecule has 0 spiro atoms. The molecule has 112 valence electrons. The first kappa shape index (κ1) is 15.3. The Hall–Kier alpha value is -1.06. The smallest absolute Gasteiger partial charge is 0.119 e. The lowest BCUT2D eigenvalue weighted by molar-refractivity contribution is 0.129. The van der Waals surface area contributed by atoms with Crippen molar-refractivity contribution in [2.75, 3.05) is 26.7 Å². The minimum atomic E-state index is 0.701. The third-order valence-electron chi connectivity index (χ3n) is 4.35. The molecule has 0 saturated carbocycles. The summed E-state index contributed by atoms with van der Waals surface area (Å²) < 4.78 is 5.31. The Morgan fingerprint density at radius 1 is 1.35 bits per heavy atom. The molecule has 0 aliphatic carbocycles. The Morgan fingerprint density at radius 2 is 2.20 bits per heavy atom. The molecule has 1 fully saturated rings. The minimum Gasteiger partial charge on any atom is -0.497 e. The number of hydrogen-bond donors (Lipinski definition) is 1. The van der Waals surface area contributed by atoms with Crippen molar-refractivity contribution in [3.63, 3.8) is 0 Å². The van der Waals surface area contributed by atoms with Gasteiger partial charge in [0.05, 0.1) is 7.11 Å². The van der Waals surface area contributed by atoms with E-state index < -0.39 is 0 Å². The van der Waals surface area contributed by atoms with Gasteiger partial charge in [-0.3, -0.25) is 4.90 Å². The van der Waals surface area contributed by atoms with Crippen LogP contribution in [0.3, 0.4) is 0 Å². The molecule has 3 nitrogen and oxygen atoms in total. The first-order valence-electron chi connectivity index (χ1n) is 7.85. The molecular formula is C17H28N2O. The Labute approximate surface area is 123 Å². The van der Waals surface area contributed by atoms with E-state index in [4.69, 9.17) is 4.74 Å². The van der Waals surface area contributed by atoms with Gasteiger partial charge < -0.3 is 10.1 Å². The summed E-state index contributed by atoms with van der Waals surface area (Å²) in [5.74, 6) is 1.73. The maximum Gasteiger partial charge on any atom is 0.119 e. The van der Waals surface area contributed by atoms with Gasteiger partial charge in [-0.2, -0.15) is 0 Å². The molecular weight excluding hydrogens is 248 g/mol. The molecule has 2 unspecified atom stereocenters. The lowest BCUT2D eigenvalue weighted by Crippen LogP contribution is -2.48. The van der Waals surface area contributed by atoms with Crippen molar-refractivity contribution in [1.82, 2.24) is 10.2 Å². The molecule has 0 bridgehead atoms. The van der Waals surface area contributed by atoms with Crippen molar-refractivity contribution in [1.29, 1.82) is 0 Å². The molecule has 1 saturated heterocycles. The fourth-order valence-corrected chi connectivity index (χ4v) is 3.22. The van der Waals surface area contributed by atoms with Crippen LogP contribution in [0.5, 0.6) is 5.75 Å². The number of benzene rings is 1. The van der Waals surface area contributed by atoms with Gasteiger partial charge in [0.25, 0.3) is 0 Å². The maximum absolute atomic E-state index is 5.31. The van der Waals surface area contributed by atoms with Crippen molar-refractivity contribution >= 4 is 0 Å². The molecule has 1 aromatic rings. The van der Waals surface area contributed by atoms with Crippen LogP contribution >= 0.6 is 0 Å². The van der Waals surface area contributed by atoms with E-state index in [0.717, 1.165) is 24.8 Å². The van der Waals surface area contributed by atoms with Crippen LogP contribution in [0.4, 0.5) is 0 Å². The third-order valence-corrected chi connectivity index (χ3v) is 4.35. The number of nitrogens with zero attached hydrogens (tertiary/aromatic N) is 1. The van der Waals surface area contributed by atoms with E-state index in [1.54, 1.807) is 7.11 Å². The van der Waals surface area contributed by atoms with E-state index in [9.17, 15) is 0 Å². The highest BCUT2D eigenvalue weighted by Crippen LogP contribution is 2.22. The van der Waals surface area contributed by atoms with Crippen molar-refractivity contribution in [3.05, 3.63) is 29.8 Å². The van der Waals surface area contributed by atoms with Crippen LogP contribution in [0.15, 0.2) is 24.3 Å². The molecule has 1 aliphatic rings. The Morgan fingerprint density at radius 3 is 2.90 bits per heavy atom. The van der Waals surface area contributed by atoms with E-state index in [-0.39, 0.29) is 0 Å². The predicted molar refractivity (Wildman–Crippen MR) is 84.1 cm³/mol. The van der Waals surface area contributed by atoms with Crippen molar-refractivity contribution in [2.45, 2.75) is 39.3 Å². The summed E-state index contributed by atoms with van der Waals surface area (Å²) in [6.07, 6.45) is 2.52. The van der Waals surface area contributed by atoms with Gasteiger partial charge in [0.2, 0.25) is 0 Å². The summed E-state index contributed by atoms with van der Waals surface area (Å²) in [6, 6.07) is 9.13. The second kappa shape index (κ2) is 7.65. The van der Waals surface area contributed by atoms with Crippen molar-refractivity contribution in [2.24, 2.45) is 5.92 Å². The number of methoxy groups -OCH3 is 1. The summed E-state index contributed by atoms with van der Waals surface area (Å²) in [5.41, 5.74) is 1.35. The van der Waals surface area contributed by atoms with E-state index in [2.05, 4.69) is 42.3 Å². The zero-order valence-corrected chi connectivity index (χ0v) is 13.1. The molecule has 0 aromatic heterocycles. The van der Waals surface area contributed by atoms with Gasteiger partial charge in [-0.1, -0.05) is 32.4 Å². The zero-order valence-electron chi connectivity index (χ0n) is 13.1. The first-order chi connectivity index (χ1) is 9.76. The Balaban J connectivity index is 1.93. The highest BCUT2D eigenvalue weighted by atomic mass is 16.5. The molecule has 0 radical (unpaired) electrons. The Bertz CT molecular complexity index is 408. The quantitative estimate of drug-likeness (QED) is 0.864. The van der Waals surface area contributed by atoms with Gasteiger partial charge >= 0.3 is 0 Å². The second-order valence-electron chi connectivity index (χ2n) is 5.71. The maximum atomic E-state index is 5.31. The first-order valence-corrected chi connectivity index (χ1v) is 7.85. The van der Waals surface area contributed by atoms with Gasteiger partial charge in [0.1, 0.15) is 5.75 Å². The molecule has 3 heteroatoms. The summed E-state index contributed by atoms with van der Waals surface area (Å²) in [5, 5.41) is 3.64. The van der Waals surface area contributed by atoms with Crippen LogP contribution in [0.1, 0.15) is 32.3 Å². The van der Waals surface area contributed by atoms with Crippen LogP contribution in [0.25, 0.3) is 0 Å². The average Bonchev–Trinajstić information content (AvgIpc) is 2.49. The average molecular weight is 276 g/mol. The standard InChI is InChI=1S/C17H28N2O/c1-4-15-13-19(10-9-17(15)18-5-2)12-14-7-6-8-16(11-14)20-3/h6-8,11,15,17-18H,4-5,9-10,12-13H2,1-3H3. The monoisotopic (exact) mass is 276 g/mol. The molecule has 1 heterocycles. The summed E-state index contributed by atoms with van der Waals surface area (Å²) in [6.45, 7) is 9.01. The number of ether oxygens (including phenoxy) is 1. The van der Waals surface area contributed by atoms with Crippen LogP contribution in [0, 0.1) is 5.92 Å². The zero-order chi connectivity index (χ0) is 14.4. The molecule has 20 heavy (non-hydrogen) atoms. The van der Waals surface area contributed by atoms with E-state index in [1.807, 2.05) is 6.07 Å². The van der Waals surface area contributed by atoms with Gasteiger partial charge in [-0.05, 0) is 43.1 Å². The summed E-state index contributed by atoms with van der Waals surface area (Å²) in [4.78, 5) is 2.58. The lowest BCUT2D eigenvalue weighted by Gasteiger charge is -2.38. The van der Waals surface area contributed by atoms with Crippen LogP contribution in [0.2, 0.25) is 0 Å². The minimum absolute atomic E-state index is 0.701. The summed E-state index contributed by atoms with van der Waals surface area (Å²) >= 11 is 0. The predicted octanol–water partition coefficient (Wildman–Crippen LogP) is 2.91. The van der Waals surface area contributed by atoms with Gasteiger partial charge in [0.15, 0.2) is 0 Å². The fraction of sp³-hybridized carbons (Fsp3) is 0.647. The molecule has 1 N–H and O–H groups in total. The molecule has 2 rings (SSSR count). The van der Waals surface area contributed by atoms with E-state index in [1.165, 1.54) is 31.5 Å². The fourth-order valence-electron chi connectivity index (χ4n) is 3.22. The van der Waals surface area contributed by atoms with Crippen LogP contribution in [-0.4, -0.2) is 37.7 Å². The molecule has 0 amide bonds. The van der Waals surface area contributed by atoms with Gasteiger partial charge in [-0.25, -0.2) is 0 Å². The SMILES string of the molecule is CCNC1CCN(Cc2cccc(OC)c2)CC1CC. The molecule has 2 atom stereocenters. The van der Waals surface area contributed by atoms with Crippen LogP contribution < -0.4 is 10.1 Å². The summed E-state index contributed by atoms with van der Waals surface area (Å²) in [7, 11) is 1.73. The van der Waals surface area contributed by atoms with Gasteiger partial charge in [-0.15, -0.1) is 0 Å². The number of rotatable bonds is 6. The number of piperidine rings is 1. The number of likely N-dealkylation sites (tertiary alicyclic amines) is 1.